The number of ether oxygens (including phenoxy) is 1. The minimum Gasteiger partial charge on any atom is -0.488 e. The maximum absolute atomic E-state index is 12.7. The minimum atomic E-state index is 0.159. The Bertz CT molecular complexity index is 738. The predicted octanol–water partition coefficient (Wildman–Crippen LogP) is 2.84. The second kappa shape index (κ2) is 5.72. The molecule has 23 heavy (non-hydrogen) atoms. The topological polar surface area (TPSA) is 47.4 Å². The van der Waals surface area contributed by atoms with E-state index in [-0.39, 0.29) is 5.91 Å². The first-order chi connectivity index (χ1) is 11.2. The van der Waals surface area contributed by atoms with E-state index in [1.807, 2.05) is 40.0 Å². The lowest BCUT2D eigenvalue weighted by Crippen LogP contribution is -2.43. The minimum absolute atomic E-state index is 0.159. The molecule has 0 spiro atoms. The molecule has 1 aromatic heterocycles. The molecule has 0 radical (unpaired) electrons. The molecule has 2 aromatic rings. The molecule has 5 nitrogen and oxygen atoms in total. The quantitative estimate of drug-likeness (QED) is 0.857. The molecule has 2 aliphatic rings. The Morgan fingerprint density at radius 1 is 1.35 bits per heavy atom. The van der Waals surface area contributed by atoms with Crippen molar-refractivity contribution in [2.45, 2.75) is 45.4 Å². The first kappa shape index (κ1) is 14.3. The zero-order valence-corrected chi connectivity index (χ0v) is 13.4. The zero-order chi connectivity index (χ0) is 15.8. The van der Waals surface area contributed by atoms with Crippen molar-refractivity contribution in [3.8, 4) is 17.0 Å². The normalized spacial score (nSPS) is 19.7. The maximum Gasteiger partial charge on any atom is 0.244 e. The van der Waals surface area contributed by atoms with Gasteiger partial charge in [0.1, 0.15) is 18.9 Å². The summed E-state index contributed by atoms with van der Waals surface area (Å²) >= 11 is 0. The molecule has 1 atom stereocenters. The van der Waals surface area contributed by atoms with Crippen LogP contribution >= 0.6 is 0 Å². The fourth-order valence-corrected chi connectivity index (χ4v) is 3.59. The van der Waals surface area contributed by atoms with Gasteiger partial charge in [0.15, 0.2) is 0 Å². The molecular formula is C18H21N3O2. The number of carbonyl (C=O) groups is 1. The average molecular weight is 311 g/mol. The number of rotatable bonds is 2. The molecule has 2 aliphatic heterocycles. The number of fused-ring (bicyclic) bond motifs is 3. The molecule has 1 unspecified atom stereocenters. The highest BCUT2D eigenvalue weighted by atomic mass is 16.5. The summed E-state index contributed by atoms with van der Waals surface area (Å²) in [4.78, 5) is 14.7. The monoisotopic (exact) mass is 311 g/mol. The number of amides is 1. The molecular weight excluding hydrogens is 290 g/mol. The van der Waals surface area contributed by atoms with Gasteiger partial charge in [0.25, 0.3) is 0 Å². The Balaban J connectivity index is 1.62. The number of hydrogen-bond donors (Lipinski definition) is 0. The van der Waals surface area contributed by atoms with Gasteiger partial charge in [-0.1, -0.05) is 12.1 Å². The third-order valence-electron chi connectivity index (χ3n) is 4.85. The van der Waals surface area contributed by atoms with Gasteiger partial charge >= 0.3 is 0 Å². The van der Waals surface area contributed by atoms with Crippen LogP contribution in [0.5, 0.6) is 5.75 Å². The van der Waals surface area contributed by atoms with Gasteiger partial charge in [-0.25, -0.2) is 0 Å². The van der Waals surface area contributed by atoms with E-state index in [9.17, 15) is 4.79 Å². The van der Waals surface area contributed by atoms with Gasteiger partial charge in [-0.3, -0.25) is 9.48 Å². The predicted molar refractivity (Wildman–Crippen MR) is 87.0 cm³/mol. The largest absolute Gasteiger partial charge is 0.488 e. The van der Waals surface area contributed by atoms with E-state index in [2.05, 4.69) is 12.0 Å². The van der Waals surface area contributed by atoms with Gasteiger partial charge in [-0.15, -0.1) is 0 Å². The van der Waals surface area contributed by atoms with E-state index in [0.717, 1.165) is 42.0 Å². The van der Waals surface area contributed by atoms with Gasteiger partial charge < -0.3 is 9.64 Å². The number of para-hydroxylation sites is 1. The number of nitrogens with zero attached hydrogens (tertiary/aromatic N) is 3. The van der Waals surface area contributed by atoms with Crippen molar-refractivity contribution in [3.05, 3.63) is 36.0 Å². The van der Waals surface area contributed by atoms with Gasteiger partial charge in [-0.2, -0.15) is 5.10 Å². The van der Waals surface area contributed by atoms with E-state index >= 15 is 0 Å². The number of piperidine rings is 1. The van der Waals surface area contributed by atoms with Crippen LogP contribution in [0.15, 0.2) is 30.5 Å². The Morgan fingerprint density at radius 3 is 3.09 bits per heavy atom. The molecule has 0 saturated carbocycles. The van der Waals surface area contributed by atoms with Gasteiger partial charge in [0, 0.05) is 23.7 Å². The number of hydrogen-bond acceptors (Lipinski definition) is 3. The summed E-state index contributed by atoms with van der Waals surface area (Å²) in [5.74, 6) is 1.02. The Labute approximate surface area is 135 Å². The molecule has 1 aromatic carbocycles. The van der Waals surface area contributed by atoms with Crippen LogP contribution in [0, 0.1) is 0 Å². The van der Waals surface area contributed by atoms with Crippen LogP contribution in [0.25, 0.3) is 11.3 Å². The molecule has 1 fully saturated rings. The highest BCUT2D eigenvalue weighted by molar-refractivity contribution is 5.78. The summed E-state index contributed by atoms with van der Waals surface area (Å²) in [7, 11) is 0. The first-order valence-electron chi connectivity index (χ1n) is 8.30. The first-order valence-corrected chi connectivity index (χ1v) is 8.30. The summed E-state index contributed by atoms with van der Waals surface area (Å²) < 4.78 is 7.59. The van der Waals surface area contributed by atoms with Gasteiger partial charge in [0.2, 0.25) is 5.91 Å². The van der Waals surface area contributed by atoms with E-state index in [1.54, 1.807) is 0 Å². The second-order valence-electron chi connectivity index (χ2n) is 6.39. The molecule has 0 bridgehead atoms. The molecule has 0 aliphatic carbocycles. The van der Waals surface area contributed by atoms with E-state index in [1.165, 1.54) is 6.42 Å². The van der Waals surface area contributed by atoms with Crippen LogP contribution in [-0.2, 0) is 17.9 Å². The summed E-state index contributed by atoms with van der Waals surface area (Å²) in [5, 5.41) is 4.45. The molecule has 120 valence electrons. The average Bonchev–Trinajstić information content (AvgIpc) is 2.98. The van der Waals surface area contributed by atoms with Crippen LogP contribution in [0.3, 0.4) is 0 Å². The van der Waals surface area contributed by atoms with Crippen LogP contribution in [0.1, 0.15) is 31.7 Å². The Kier molecular flexibility index (Phi) is 3.56. The Morgan fingerprint density at radius 2 is 2.22 bits per heavy atom. The van der Waals surface area contributed by atoms with Crippen molar-refractivity contribution in [2.75, 3.05) is 6.54 Å². The Hall–Kier alpha value is -2.30. The van der Waals surface area contributed by atoms with Crippen molar-refractivity contribution >= 4 is 5.91 Å². The highest BCUT2D eigenvalue weighted by Gasteiger charge is 2.26. The summed E-state index contributed by atoms with van der Waals surface area (Å²) in [5.41, 5.74) is 3.08. The number of aromatic nitrogens is 2. The lowest BCUT2D eigenvalue weighted by Gasteiger charge is -2.33. The molecule has 5 heteroatoms. The number of likely N-dealkylation sites (tertiary alicyclic amines) is 1. The van der Waals surface area contributed by atoms with Gasteiger partial charge in [0.05, 0.1) is 11.9 Å². The number of benzene rings is 1. The second-order valence-corrected chi connectivity index (χ2v) is 6.39. The molecule has 1 saturated heterocycles. The molecule has 3 heterocycles. The fourth-order valence-electron chi connectivity index (χ4n) is 3.59. The fraction of sp³-hybridized carbons (Fsp3) is 0.444. The molecule has 1 amide bonds. The van der Waals surface area contributed by atoms with E-state index in [0.29, 0.717) is 19.2 Å². The van der Waals surface area contributed by atoms with Crippen molar-refractivity contribution in [1.29, 1.82) is 0 Å². The van der Waals surface area contributed by atoms with Crippen molar-refractivity contribution in [2.24, 2.45) is 0 Å². The maximum atomic E-state index is 12.7. The zero-order valence-electron chi connectivity index (χ0n) is 13.4. The van der Waals surface area contributed by atoms with Gasteiger partial charge in [-0.05, 0) is 38.3 Å². The lowest BCUT2D eigenvalue weighted by molar-refractivity contribution is -0.135. The van der Waals surface area contributed by atoms with Crippen molar-refractivity contribution in [1.82, 2.24) is 14.7 Å². The van der Waals surface area contributed by atoms with Crippen molar-refractivity contribution in [3.63, 3.8) is 0 Å². The van der Waals surface area contributed by atoms with Crippen LogP contribution in [0.4, 0.5) is 0 Å². The van der Waals surface area contributed by atoms with E-state index < -0.39 is 0 Å². The number of carbonyl (C=O) groups excluding carboxylic acids is 1. The summed E-state index contributed by atoms with van der Waals surface area (Å²) in [6, 6.07) is 8.27. The van der Waals surface area contributed by atoms with Crippen LogP contribution in [0.2, 0.25) is 0 Å². The SMILES string of the molecule is CC1CCCCN1C(=O)Cn1ncc2c1-c1ccccc1OC2. The summed E-state index contributed by atoms with van der Waals surface area (Å²) in [6.07, 6.45) is 5.23. The standard InChI is InChI=1S/C18H21N3O2/c1-13-6-4-5-9-20(13)17(22)11-21-18-14(10-19-21)12-23-16-8-3-2-7-15(16)18/h2-3,7-8,10,13H,4-6,9,11-12H2,1H3. The van der Waals surface area contributed by atoms with E-state index in [4.69, 9.17) is 4.74 Å². The molecule has 0 N–H and O–H groups in total. The van der Waals surface area contributed by atoms with Crippen LogP contribution < -0.4 is 4.74 Å². The lowest BCUT2D eigenvalue weighted by atomic mass is 10.0. The third kappa shape index (κ3) is 2.50. The summed E-state index contributed by atoms with van der Waals surface area (Å²) in [6.45, 7) is 3.82. The molecule has 4 rings (SSSR count). The van der Waals surface area contributed by atoms with Crippen molar-refractivity contribution < 1.29 is 9.53 Å². The third-order valence-corrected chi connectivity index (χ3v) is 4.85. The van der Waals surface area contributed by atoms with Crippen LogP contribution in [-0.4, -0.2) is 33.2 Å². The highest BCUT2D eigenvalue weighted by Crippen LogP contribution is 2.37. The smallest absolute Gasteiger partial charge is 0.244 e.